The van der Waals surface area contributed by atoms with E-state index in [4.69, 9.17) is 0 Å². The molecule has 1 aromatic heterocycles. The number of amides is 3. The van der Waals surface area contributed by atoms with E-state index in [1.54, 1.807) is 19.3 Å². The van der Waals surface area contributed by atoms with Gasteiger partial charge in [0.25, 0.3) is 0 Å². The van der Waals surface area contributed by atoms with Crippen LogP contribution in [0.3, 0.4) is 0 Å². The molecule has 2 aromatic carbocycles. The number of nitrogens with one attached hydrogen (secondary N) is 3. The maximum atomic E-state index is 12.9. The average molecular weight is 593 g/mol. The molecule has 1 fully saturated rings. The summed E-state index contributed by atoms with van der Waals surface area (Å²) >= 11 is 0. The SMILES string of the molecule is CC(C)N1CC(=O)N(C)c2cnc(Nc3cc(NC(=O)N[C@H]4CCN(Cc5ccccc5)C4)cc(S(C)(=O)=O)c3)nc21. The molecule has 3 amide bonds. The van der Waals surface area contributed by atoms with Gasteiger partial charge < -0.3 is 25.8 Å². The molecule has 0 aliphatic carbocycles. The molecule has 1 atom stereocenters. The molecular weight excluding hydrogens is 556 g/mol. The van der Waals surface area contributed by atoms with Crippen molar-refractivity contribution in [2.24, 2.45) is 0 Å². The van der Waals surface area contributed by atoms with Crippen LogP contribution in [0.5, 0.6) is 0 Å². The molecule has 3 heterocycles. The van der Waals surface area contributed by atoms with Gasteiger partial charge in [-0.05, 0) is 44.0 Å². The minimum absolute atomic E-state index is 0.0253. The van der Waals surface area contributed by atoms with Gasteiger partial charge in [0.15, 0.2) is 15.7 Å². The van der Waals surface area contributed by atoms with E-state index in [9.17, 15) is 18.0 Å². The molecule has 222 valence electrons. The van der Waals surface area contributed by atoms with Gasteiger partial charge in [-0.15, -0.1) is 0 Å². The molecule has 3 N–H and O–H groups in total. The van der Waals surface area contributed by atoms with Crippen LogP contribution in [0.15, 0.2) is 59.6 Å². The molecule has 0 unspecified atom stereocenters. The average Bonchev–Trinajstić information content (AvgIpc) is 3.36. The van der Waals surface area contributed by atoms with Gasteiger partial charge in [-0.3, -0.25) is 9.69 Å². The number of carbonyl (C=O) groups excluding carboxylic acids is 2. The molecule has 13 heteroatoms. The van der Waals surface area contributed by atoms with Crippen molar-refractivity contribution < 1.29 is 18.0 Å². The molecule has 2 aliphatic heterocycles. The summed E-state index contributed by atoms with van der Waals surface area (Å²) in [4.78, 5) is 40.1. The van der Waals surface area contributed by atoms with Gasteiger partial charge in [0.05, 0.1) is 17.6 Å². The highest BCUT2D eigenvalue weighted by Crippen LogP contribution is 2.33. The first kappa shape index (κ1) is 29.3. The minimum Gasteiger partial charge on any atom is -0.343 e. The lowest BCUT2D eigenvalue weighted by Crippen LogP contribution is -2.47. The second-order valence-corrected chi connectivity index (χ2v) is 13.0. The summed E-state index contributed by atoms with van der Waals surface area (Å²) in [5.74, 6) is 0.768. The summed E-state index contributed by atoms with van der Waals surface area (Å²) in [5.41, 5.74) is 2.51. The van der Waals surface area contributed by atoms with Crippen LogP contribution in [-0.4, -0.2) is 80.2 Å². The predicted molar refractivity (Wildman–Crippen MR) is 163 cm³/mol. The molecule has 12 nitrogen and oxygen atoms in total. The molecule has 0 saturated carbocycles. The van der Waals surface area contributed by atoms with Crippen molar-refractivity contribution in [2.75, 3.05) is 53.4 Å². The lowest BCUT2D eigenvalue weighted by Gasteiger charge is -2.36. The topological polar surface area (TPSA) is 140 Å². The van der Waals surface area contributed by atoms with E-state index in [2.05, 4.69) is 43.0 Å². The third-order valence-corrected chi connectivity index (χ3v) is 8.48. The number of hydrogen-bond donors (Lipinski definition) is 3. The van der Waals surface area contributed by atoms with Crippen LogP contribution < -0.4 is 25.8 Å². The molecule has 1 saturated heterocycles. The number of carbonyl (C=O) groups is 2. The fourth-order valence-electron chi connectivity index (χ4n) is 5.14. The number of rotatable bonds is 8. The summed E-state index contributed by atoms with van der Waals surface area (Å²) in [6.07, 6.45) is 3.49. The number of anilines is 5. The Balaban J connectivity index is 1.30. The summed E-state index contributed by atoms with van der Waals surface area (Å²) in [6, 6.07) is 14.3. The van der Waals surface area contributed by atoms with Gasteiger partial charge in [0.2, 0.25) is 11.9 Å². The summed E-state index contributed by atoms with van der Waals surface area (Å²) < 4.78 is 25.0. The number of sulfone groups is 1. The molecule has 42 heavy (non-hydrogen) atoms. The Labute approximate surface area is 246 Å². The highest BCUT2D eigenvalue weighted by Gasteiger charge is 2.30. The van der Waals surface area contributed by atoms with Crippen LogP contribution >= 0.6 is 0 Å². The number of aromatic nitrogens is 2. The monoisotopic (exact) mass is 592 g/mol. The van der Waals surface area contributed by atoms with Crippen molar-refractivity contribution in [1.82, 2.24) is 20.2 Å². The van der Waals surface area contributed by atoms with Crippen LogP contribution in [-0.2, 0) is 21.2 Å². The van der Waals surface area contributed by atoms with Crippen molar-refractivity contribution in [3.63, 3.8) is 0 Å². The number of nitrogens with zero attached hydrogens (tertiary/aromatic N) is 5. The third-order valence-electron chi connectivity index (χ3n) is 7.39. The van der Waals surface area contributed by atoms with Crippen LogP contribution in [0.1, 0.15) is 25.8 Å². The minimum atomic E-state index is -3.59. The quantitative estimate of drug-likeness (QED) is 0.360. The molecular formula is C29H36N8O4S. The molecule has 0 spiro atoms. The molecule has 3 aromatic rings. The van der Waals surface area contributed by atoms with Crippen molar-refractivity contribution in [3.05, 3.63) is 60.3 Å². The zero-order chi connectivity index (χ0) is 30.0. The van der Waals surface area contributed by atoms with E-state index in [-0.39, 0.29) is 35.4 Å². The second kappa shape index (κ2) is 11.9. The zero-order valence-electron chi connectivity index (χ0n) is 24.2. The first-order valence-corrected chi connectivity index (χ1v) is 15.7. The van der Waals surface area contributed by atoms with E-state index in [1.165, 1.54) is 22.6 Å². The summed E-state index contributed by atoms with van der Waals surface area (Å²) in [5, 5.41) is 8.86. The van der Waals surface area contributed by atoms with Crippen LogP contribution in [0.2, 0.25) is 0 Å². The van der Waals surface area contributed by atoms with Gasteiger partial charge in [-0.1, -0.05) is 30.3 Å². The van der Waals surface area contributed by atoms with Crippen LogP contribution in [0, 0.1) is 0 Å². The van der Waals surface area contributed by atoms with Gasteiger partial charge in [-0.2, -0.15) is 4.98 Å². The van der Waals surface area contributed by atoms with Crippen LogP contribution in [0.4, 0.5) is 33.6 Å². The van der Waals surface area contributed by atoms with E-state index < -0.39 is 15.9 Å². The highest BCUT2D eigenvalue weighted by atomic mass is 32.2. The Morgan fingerprint density at radius 2 is 1.86 bits per heavy atom. The van der Waals surface area contributed by atoms with Crippen molar-refractivity contribution in [3.8, 4) is 0 Å². The highest BCUT2D eigenvalue weighted by molar-refractivity contribution is 7.90. The summed E-state index contributed by atoms with van der Waals surface area (Å²) in [6.45, 7) is 6.55. The van der Waals surface area contributed by atoms with Crippen molar-refractivity contribution in [2.45, 2.75) is 43.8 Å². The first-order valence-electron chi connectivity index (χ1n) is 13.8. The predicted octanol–water partition coefficient (Wildman–Crippen LogP) is 3.21. The Hall–Kier alpha value is -4.23. The normalized spacial score (nSPS) is 17.4. The van der Waals surface area contributed by atoms with Crippen molar-refractivity contribution in [1.29, 1.82) is 0 Å². The van der Waals surface area contributed by atoms with Gasteiger partial charge in [0, 0.05) is 56.4 Å². The van der Waals surface area contributed by atoms with Gasteiger partial charge >= 0.3 is 6.03 Å². The fourth-order valence-corrected chi connectivity index (χ4v) is 5.82. The first-order chi connectivity index (χ1) is 20.0. The van der Waals surface area contributed by atoms with Gasteiger partial charge in [0.1, 0.15) is 5.69 Å². The molecule has 5 rings (SSSR count). The smallest absolute Gasteiger partial charge is 0.319 e. The van der Waals surface area contributed by atoms with E-state index >= 15 is 0 Å². The lowest BCUT2D eigenvalue weighted by molar-refractivity contribution is -0.117. The maximum Gasteiger partial charge on any atom is 0.319 e. The third kappa shape index (κ3) is 6.80. The number of likely N-dealkylation sites (N-methyl/N-ethyl adjacent to an activating group) is 1. The Bertz CT molecular complexity index is 1580. The number of hydrogen-bond acceptors (Lipinski definition) is 9. The van der Waals surface area contributed by atoms with E-state index in [0.717, 1.165) is 32.3 Å². The zero-order valence-corrected chi connectivity index (χ0v) is 25.0. The number of urea groups is 1. The Morgan fingerprint density at radius 3 is 2.57 bits per heavy atom. The number of fused-ring (bicyclic) bond motifs is 1. The number of likely N-dealkylation sites (tertiary alicyclic amines) is 1. The van der Waals surface area contributed by atoms with Crippen LogP contribution in [0.25, 0.3) is 0 Å². The molecule has 0 radical (unpaired) electrons. The lowest BCUT2D eigenvalue weighted by atomic mass is 10.2. The summed E-state index contributed by atoms with van der Waals surface area (Å²) in [7, 11) is -1.91. The molecule has 2 aliphatic rings. The fraction of sp³-hybridized carbons (Fsp3) is 0.379. The Morgan fingerprint density at radius 1 is 1.12 bits per heavy atom. The number of benzene rings is 2. The van der Waals surface area contributed by atoms with Crippen molar-refractivity contribution >= 4 is 50.6 Å². The van der Waals surface area contributed by atoms with E-state index in [1.807, 2.05) is 36.9 Å². The Kier molecular flexibility index (Phi) is 8.32. The molecule has 0 bridgehead atoms. The standard InChI is InChI=1S/C29H36N8O4S/c1-19(2)37-18-26(38)35(3)25-15-30-28(34-27(25)37)31-22-12-23(14-24(13-22)42(4,40)41)33-29(39)32-21-10-11-36(17-21)16-20-8-6-5-7-9-20/h5-9,12-15,19,21H,10-11,16-18H2,1-4H3,(H,30,31,34)(H2,32,33,39)/t21-/m0/s1. The largest absolute Gasteiger partial charge is 0.343 e. The maximum absolute atomic E-state index is 12.9. The second-order valence-electron chi connectivity index (χ2n) is 11.0. The van der Waals surface area contributed by atoms with Gasteiger partial charge in [-0.25, -0.2) is 18.2 Å². The van der Waals surface area contributed by atoms with E-state index in [0.29, 0.717) is 22.9 Å².